The maximum Gasteiger partial charge on any atom is 0.245 e. The first kappa shape index (κ1) is 25.9. The van der Waals surface area contributed by atoms with Crippen molar-refractivity contribution < 1.29 is 19.0 Å². The van der Waals surface area contributed by atoms with Gasteiger partial charge in [-0.15, -0.1) is 5.10 Å². The number of hydrogen-bond acceptors (Lipinski definition) is 8. The summed E-state index contributed by atoms with van der Waals surface area (Å²) < 4.78 is 28.0. The van der Waals surface area contributed by atoms with Gasteiger partial charge in [-0.25, -0.2) is 18.9 Å². The molecule has 200 valence electrons. The number of nitrogens with one attached hydrogen (secondary N) is 1. The fourth-order valence-electron chi connectivity index (χ4n) is 5.11. The highest BCUT2D eigenvalue weighted by atomic mass is 19.1. The van der Waals surface area contributed by atoms with Gasteiger partial charge in [0.2, 0.25) is 11.8 Å². The third-order valence-corrected chi connectivity index (χ3v) is 6.78. The van der Waals surface area contributed by atoms with Crippen LogP contribution in [0.3, 0.4) is 0 Å². The molecule has 2 unspecified atom stereocenters. The maximum absolute atomic E-state index is 15.2. The van der Waals surface area contributed by atoms with Crippen LogP contribution in [-0.2, 0) is 0 Å². The SMILES string of the molecule is COc1cc(C2CCN(CC(C)(C)O)CC2F)ccc1Nc1ncc2ccc(-c3cccnc3OC)n2n1. The Kier molecular flexibility index (Phi) is 7.18. The van der Waals surface area contributed by atoms with Crippen LogP contribution >= 0.6 is 0 Å². The molecule has 1 aromatic carbocycles. The summed E-state index contributed by atoms with van der Waals surface area (Å²) in [7, 11) is 3.18. The van der Waals surface area contributed by atoms with Crippen LogP contribution in [0.25, 0.3) is 16.8 Å². The molecule has 10 heteroatoms. The van der Waals surface area contributed by atoms with Gasteiger partial charge in [0.05, 0.1) is 48.5 Å². The number of anilines is 2. The average molecular weight is 521 g/mol. The topological polar surface area (TPSA) is 97.0 Å². The molecule has 4 aromatic rings. The van der Waals surface area contributed by atoms with Gasteiger partial charge in [0.15, 0.2) is 0 Å². The molecule has 0 radical (unpaired) electrons. The summed E-state index contributed by atoms with van der Waals surface area (Å²) >= 11 is 0. The first-order chi connectivity index (χ1) is 18.3. The predicted molar refractivity (Wildman–Crippen MR) is 144 cm³/mol. The largest absolute Gasteiger partial charge is 0.495 e. The van der Waals surface area contributed by atoms with Crippen LogP contribution in [0, 0.1) is 0 Å². The summed E-state index contributed by atoms with van der Waals surface area (Å²) in [4.78, 5) is 10.7. The summed E-state index contributed by atoms with van der Waals surface area (Å²) in [5.74, 6) is 1.24. The van der Waals surface area contributed by atoms with Crippen molar-refractivity contribution in [2.75, 3.05) is 39.2 Å². The van der Waals surface area contributed by atoms with E-state index in [0.717, 1.165) is 28.9 Å². The Morgan fingerprint density at radius 3 is 2.71 bits per heavy atom. The van der Waals surface area contributed by atoms with Crippen LogP contribution < -0.4 is 14.8 Å². The van der Waals surface area contributed by atoms with Crippen molar-refractivity contribution in [3.05, 3.63) is 60.4 Å². The van der Waals surface area contributed by atoms with Crippen LogP contribution in [-0.4, -0.2) is 75.2 Å². The highest BCUT2D eigenvalue weighted by Gasteiger charge is 2.32. The molecule has 0 bridgehead atoms. The molecule has 4 heterocycles. The lowest BCUT2D eigenvalue weighted by Crippen LogP contribution is -2.46. The first-order valence-electron chi connectivity index (χ1n) is 12.6. The normalized spacial score (nSPS) is 18.5. The number of piperidine rings is 1. The Morgan fingerprint density at radius 1 is 1.13 bits per heavy atom. The third kappa shape index (κ3) is 5.41. The van der Waals surface area contributed by atoms with E-state index in [-0.39, 0.29) is 5.92 Å². The number of hydrogen-bond donors (Lipinski definition) is 2. The zero-order chi connectivity index (χ0) is 26.9. The van der Waals surface area contributed by atoms with Crippen LogP contribution in [0.1, 0.15) is 31.7 Å². The summed E-state index contributed by atoms with van der Waals surface area (Å²) in [5, 5.41) is 18.0. The number of fused-ring (bicyclic) bond motifs is 1. The molecule has 1 fully saturated rings. The number of β-amino-alcohol motifs (C(OH)–C–C–N with tert-alkyl or cyclic N) is 1. The van der Waals surface area contributed by atoms with Crippen molar-refractivity contribution in [2.24, 2.45) is 0 Å². The average Bonchev–Trinajstić information content (AvgIpc) is 3.31. The molecule has 1 aliphatic heterocycles. The summed E-state index contributed by atoms with van der Waals surface area (Å²) in [6.07, 6.45) is 3.05. The number of rotatable bonds is 8. The van der Waals surface area contributed by atoms with Crippen molar-refractivity contribution in [1.82, 2.24) is 24.5 Å². The number of aromatic nitrogens is 4. The number of likely N-dealkylation sites (tertiary alicyclic amines) is 1. The Morgan fingerprint density at radius 2 is 1.97 bits per heavy atom. The molecule has 1 saturated heterocycles. The van der Waals surface area contributed by atoms with Crippen molar-refractivity contribution in [3.63, 3.8) is 0 Å². The highest BCUT2D eigenvalue weighted by molar-refractivity contribution is 5.71. The van der Waals surface area contributed by atoms with Gasteiger partial charge in [-0.1, -0.05) is 6.07 Å². The van der Waals surface area contributed by atoms with Gasteiger partial charge >= 0.3 is 0 Å². The first-order valence-corrected chi connectivity index (χ1v) is 12.6. The summed E-state index contributed by atoms with van der Waals surface area (Å²) in [6.45, 7) is 4.97. The fraction of sp³-hybridized carbons (Fsp3) is 0.393. The fourth-order valence-corrected chi connectivity index (χ4v) is 5.11. The number of nitrogens with zero attached hydrogens (tertiary/aromatic N) is 5. The highest BCUT2D eigenvalue weighted by Crippen LogP contribution is 2.36. The molecule has 0 amide bonds. The van der Waals surface area contributed by atoms with E-state index < -0.39 is 11.8 Å². The smallest absolute Gasteiger partial charge is 0.245 e. The lowest BCUT2D eigenvalue weighted by Gasteiger charge is -2.37. The van der Waals surface area contributed by atoms with Crippen molar-refractivity contribution in [2.45, 2.75) is 38.0 Å². The number of pyridine rings is 1. The van der Waals surface area contributed by atoms with Crippen molar-refractivity contribution in [1.29, 1.82) is 0 Å². The van der Waals surface area contributed by atoms with Gasteiger partial charge < -0.3 is 19.9 Å². The van der Waals surface area contributed by atoms with E-state index in [9.17, 15) is 5.11 Å². The van der Waals surface area contributed by atoms with Gasteiger partial charge in [-0.05, 0) is 68.8 Å². The van der Waals surface area contributed by atoms with E-state index in [1.165, 1.54) is 0 Å². The molecule has 5 rings (SSSR count). The predicted octanol–water partition coefficient (Wildman–Crippen LogP) is 4.45. The van der Waals surface area contributed by atoms with E-state index in [1.54, 1.807) is 45.0 Å². The summed E-state index contributed by atoms with van der Waals surface area (Å²) in [6, 6.07) is 13.3. The van der Waals surface area contributed by atoms with Crippen LogP contribution in [0.2, 0.25) is 0 Å². The second-order valence-corrected chi connectivity index (χ2v) is 10.2. The number of alkyl halides is 1. The molecule has 9 nitrogen and oxygen atoms in total. The third-order valence-electron chi connectivity index (χ3n) is 6.78. The van der Waals surface area contributed by atoms with Crippen LogP contribution in [0.5, 0.6) is 11.6 Å². The molecule has 0 saturated carbocycles. The Hall–Kier alpha value is -3.76. The molecule has 3 aromatic heterocycles. The van der Waals surface area contributed by atoms with Gasteiger partial charge in [0, 0.05) is 25.2 Å². The Balaban J connectivity index is 1.37. The van der Waals surface area contributed by atoms with Gasteiger partial charge in [0.25, 0.3) is 0 Å². The molecule has 2 N–H and O–H groups in total. The lowest BCUT2D eigenvalue weighted by molar-refractivity contribution is 0.0126. The van der Waals surface area contributed by atoms with Gasteiger partial charge in [-0.2, -0.15) is 0 Å². The Bertz CT molecular complexity index is 1420. The summed E-state index contributed by atoms with van der Waals surface area (Å²) in [5.41, 5.74) is 3.18. The van der Waals surface area contributed by atoms with E-state index in [0.29, 0.717) is 42.8 Å². The second kappa shape index (κ2) is 10.5. The number of benzene rings is 1. The van der Waals surface area contributed by atoms with Crippen LogP contribution in [0.4, 0.5) is 16.0 Å². The van der Waals surface area contributed by atoms with E-state index in [4.69, 9.17) is 9.47 Å². The molecular weight excluding hydrogens is 487 g/mol. The quantitative estimate of drug-likeness (QED) is 0.352. The van der Waals surface area contributed by atoms with E-state index in [2.05, 4.69) is 20.4 Å². The molecule has 0 spiro atoms. The van der Waals surface area contributed by atoms with Gasteiger partial charge in [-0.3, -0.25) is 4.90 Å². The molecular formula is C28H33FN6O3. The standard InChI is InChI=1S/C28H33FN6O3/c1-28(2,36)17-34-13-11-20(22(29)16-34)18-7-9-23(25(14-18)37-3)32-27-31-15-19-8-10-24(35(19)33-27)21-6-5-12-30-26(21)38-4/h5-10,12,14-15,20,22,36H,11,13,16-17H2,1-4H3,(H,32,33). The number of ether oxygens (including phenoxy) is 2. The maximum atomic E-state index is 15.2. The number of aliphatic hydroxyl groups is 1. The number of methoxy groups -OCH3 is 2. The van der Waals surface area contributed by atoms with E-state index in [1.807, 2.05) is 47.4 Å². The molecule has 0 aliphatic carbocycles. The van der Waals surface area contributed by atoms with Crippen molar-refractivity contribution in [3.8, 4) is 22.9 Å². The minimum Gasteiger partial charge on any atom is -0.495 e. The zero-order valence-electron chi connectivity index (χ0n) is 22.1. The monoisotopic (exact) mass is 520 g/mol. The number of halogens is 1. The van der Waals surface area contributed by atoms with Crippen LogP contribution in [0.15, 0.2) is 54.9 Å². The molecule has 2 atom stereocenters. The van der Waals surface area contributed by atoms with E-state index >= 15 is 4.39 Å². The Labute approximate surface area is 221 Å². The minimum atomic E-state index is -1.03. The lowest BCUT2D eigenvalue weighted by atomic mass is 9.87. The van der Waals surface area contributed by atoms with Gasteiger partial charge in [0.1, 0.15) is 11.9 Å². The molecule has 1 aliphatic rings. The minimum absolute atomic E-state index is 0.236. The second-order valence-electron chi connectivity index (χ2n) is 10.2. The zero-order valence-corrected chi connectivity index (χ0v) is 22.1. The van der Waals surface area contributed by atoms with Crippen molar-refractivity contribution >= 4 is 17.2 Å². The molecule has 38 heavy (non-hydrogen) atoms.